The van der Waals surface area contributed by atoms with Crippen LogP contribution in [0.4, 0.5) is 5.13 Å². The van der Waals surface area contributed by atoms with Crippen molar-refractivity contribution in [2.24, 2.45) is 10.7 Å². The smallest absolute Gasteiger partial charge is 0.212 e. The van der Waals surface area contributed by atoms with Gasteiger partial charge in [-0.05, 0) is 18.1 Å². The SMILES string of the molecule is Cc1ccccc1-c1nnc(NC(N)=NCc2ccccc2)s1. The van der Waals surface area contributed by atoms with Crippen molar-refractivity contribution in [3.63, 3.8) is 0 Å². The quantitative estimate of drug-likeness (QED) is 0.569. The second-order valence-corrected chi connectivity index (χ2v) is 6.02. The average molecular weight is 323 g/mol. The Labute approximate surface area is 138 Å². The molecule has 0 amide bonds. The first-order valence-corrected chi connectivity index (χ1v) is 8.04. The first-order valence-electron chi connectivity index (χ1n) is 7.23. The normalized spacial score (nSPS) is 11.4. The maximum atomic E-state index is 5.91. The van der Waals surface area contributed by atoms with Crippen molar-refractivity contribution in [3.8, 4) is 10.6 Å². The van der Waals surface area contributed by atoms with Crippen LogP contribution in [-0.4, -0.2) is 16.2 Å². The number of aryl methyl sites for hydroxylation is 1. The molecule has 0 saturated heterocycles. The highest BCUT2D eigenvalue weighted by Crippen LogP contribution is 2.28. The fourth-order valence-electron chi connectivity index (χ4n) is 2.10. The number of anilines is 1. The lowest BCUT2D eigenvalue weighted by atomic mass is 10.1. The van der Waals surface area contributed by atoms with Gasteiger partial charge in [-0.2, -0.15) is 0 Å². The van der Waals surface area contributed by atoms with E-state index in [1.54, 1.807) is 0 Å². The Morgan fingerprint density at radius 1 is 1.09 bits per heavy atom. The van der Waals surface area contributed by atoms with Crippen molar-refractivity contribution in [1.29, 1.82) is 0 Å². The number of hydrogen-bond acceptors (Lipinski definition) is 4. The Balaban J connectivity index is 1.68. The van der Waals surface area contributed by atoms with Gasteiger partial charge in [-0.3, -0.25) is 0 Å². The number of nitrogens with one attached hydrogen (secondary N) is 1. The topological polar surface area (TPSA) is 76.2 Å². The molecule has 0 atom stereocenters. The van der Waals surface area contributed by atoms with E-state index in [1.165, 1.54) is 16.9 Å². The second kappa shape index (κ2) is 7.02. The van der Waals surface area contributed by atoms with Crippen molar-refractivity contribution >= 4 is 22.4 Å². The monoisotopic (exact) mass is 323 g/mol. The minimum absolute atomic E-state index is 0.335. The van der Waals surface area contributed by atoms with Gasteiger partial charge in [-0.15, -0.1) is 10.2 Å². The van der Waals surface area contributed by atoms with E-state index in [0.717, 1.165) is 16.1 Å². The molecule has 3 N–H and O–H groups in total. The molecule has 3 aromatic rings. The van der Waals surface area contributed by atoms with Crippen molar-refractivity contribution in [3.05, 3.63) is 65.7 Å². The van der Waals surface area contributed by atoms with Crippen molar-refractivity contribution in [2.45, 2.75) is 13.5 Å². The van der Waals surface area contributed by atoms with Gasteiger partial charge in [-0.1, -0.05) is 65.9 Å². The number of nitrogens with zero attached hydrogens (tertiary/aromatic N) is 3. The highest BCUT2D eigenvalue weighted by Gasteiger charge is 2.09. The van der Waals surface area contributed by atoms with E-state index in [-0.39, 0.29) is 0 Å². The number of aliphatic imine (C=N–C) groups is 1. The number of benzene rings is 2. The molecule has 0 fully saturated rings. The predicted octanol–water partition coefficient (Wildman–Crippen LogP) is 3.44. The van der Waals surface area contributed by atoms with Gasteiger partial charge in [0.15, 0.2) is 5.96 Å². The molecule has 116 valence electrons. The first-order chi connectivity index (χ1) is 11.2. The molecule has 1 aromatic heterocycles. The van der Waals surface area contributed by atoms with Crippen LogP contribution in [0.25, 0.3) is 10.6 Å². The Morgan fingerprint density at radius 3 is 2.61 bits per heavy atom. The van der Waals surface area contributed by atoms with E-state index in [2.05, 4.69) is 33.5 Å². The highest BCUT2D eigenvalue weighted by molar-refractivity contribution is 7.18. The number of guanidine groups is 1. The van der Waals surface area contributed by atoms with Gasteiger partial charge >= 0.3 is 0 Å². The molecule has 0 aliphatic rings. The van der Waals surface area contributed by atoms with E-state index in [0.29, 0.717) is 17.6 Å². The molecule has 3 rings (SSSR count). The Kier molecular flexibility index (Phi) is 4.63. The second-order valence-electron chi connectivity index (χ2n) is 5.04. The molecule has 1 heterocycles. The molecule has 0 bridgehead atoms. The lowest BCUT2D eigenvalue weighted by molar-refractivity contribution is 1.05. The van der Waals surface area contributed by atoms with Crippen LogP contribution in [0.3, 0.4) is 0 Å². The fraction of sp³-hybridized carbons (Fsp3) is 0.118. The number of nitrogens with two attached hydrogens (primary N) is 1. The molecule has 0 aliphatic carbocycles. The Bertz CT molecular complexity index is 811. The van der Waals surface area contributed by atoms with Crippen LogP contribution < -0.4 is 11.1 Å². The van der Waals surface area contributed by atoms with E-state index in [1.807, 2.05) is 48.5 Å². The molecule has 0 radical (unpaired) electrons. The molecular formula is C17H17N5S. The van der Waals surface area contributed by atoms with Crippen LogP contribution in [0.1, 0.15) is 11.1 Å². The number of hydrogen-bond donors (Lipinski definition) is 2. The third-order valence-corrected chi connectivity index (χ3v) is 4.18. The van der Waals surface area contributed by atoms with Gasteiger partial charge in [-0.25, -0.2) is 4.99 Å². The lowest BCUT2D eigenvalue weighted by Crippen LogP contribution is -2.22. The van der Waals surface area contributed by atoms with Crippen LogP contribution in [0, 0.1) is 6.92 Å². The highest BCUT2D eigenvalue weighted by atomic mass is 32.1. The van der Waals surface area contributed by atoms with Gasteiger partial charge in [0.2, 0.25) is 5.13 Å². The van der Waals surface area contributed by atoms with Crippen molar-refractivity contribution in [1.82, 2.24) is 10.2 Å². The summed E-state index contributed by atoms with van der Waals surface area (Å²) in [6.07, 6.45) is 0. The first kappa shape index (κ1) is 15.2. The fourth-order valence-corrected chi connectivity index (χ4v) is 2.95. The van der Waals surface area contributed by atoms with Gasteiger partial charge in [0.1, 0.15) is 5.01 Å². The molecule has 0 spiro atoms. The third-order valence-electron chi connectivity index (χ3n) is 3.31. The van der Waals surface area contributed by atoms with Gasteiger partial charge in [0.25, 0.3) is 0 Å². The average Bonchev–Trinajstić information content (AvgIpc) is 3.02. The maximum Gasteiger partial charge on any atom is 0.212 e. The standard InChI is InChI=1S/C17H17N5S/c1-12-7-5-6-10-14(12)15-21-22-17(23-15)20-16(18)19-11-13-8-3-2-4-9-13/h2-10H,11H2,1H3,(H3,18,19,20,22). The van der Waals surface area contributed by atoms with E-state index in [4.69, 9.17) is 5.73 Å². The minimum Gasteiger partial charge on any atom is -0.370 e. The predicted molar refractivity (Wildman–Crippen MR) is 95.5 cm³/mol. The van der Waals surface area contributed by atoms with Crippen LogP contribution >= 0.6 is 11.3 Å². The summed E-state index contributed by atoms with van der Waals surface area (Å²) in [5, 5.41) is 12.8. The summed E-state index contributed by atoms with van der Waals surface area (Å²) in [6.45, 7) is 2.59. The zero-order chi connectivity index (χ0) is 16.1. The molecular weight excluding hydrogens is 306 g/mol. The van der Waals surface area contributed by atoms with Crippen LogP contribution in [0.15, 0.2) is 59.6 Å². The van der Waals surface area contributed by atoms with Gasteiger partial charge in [0.05, 0.1) is 6.54 Å². The van der Waals surface area contributed by atoms with E-state index < -0.39 is 0 Å². The van der Waals surface area contributed by atoms with Gasteiger partial charge in [0, 0.05) is 5.56 Å². The van der Waals surface area contributed by atoms with E-state index in [9.17, 15) is 0 Å². The Hall–Kier alpha value is -2.73. The molecule has 6 heteroatoms. The summed E-state index contributed by atoms with van der Waals surface area (Å²) >= 11 is 1.46. The zero-order valence-electron chi connectivity index (χ0n) is 12.7. The molecule has 0 saturated carbocycles. The summed E-state index contributed by atoms with van der Waals surface area (Å²) in [5.74, 6) is 0.335. The van der Waals surface area contributed by atoms with E-state index >= 15 is 0 Å². The van der Waals surface area contributed by atoms with Crippen LogP contribution in [0.5, 0.6) is 0 Å². The molecule has 0 aliphatic heterocycles. The molecule has 23 heavy (non-hydrogen) atoms. The van der Waals surface area contributed by atoms with Crippen molar-refractivity contribution < 1.29 is 0 Å². The van der Waals surface area contributed by atoms with Crippen LogP contribution in [0.2, 0.25) is 0 Å². The lowest BCUT2D eigenvalue weighted by Gasteiger charge is -2.01. The number of rotatable bonds is 4. The summed E-state index contributed by atoms with van der Waals surface area (Å²) < 4.78 is 0. The largest absolute Gasteiger partial charge is 0.370 e. The van der Waals surface area contributed by atoms with Crippen LogP contribution in [-0.2, 0) is 6.54 Å². The summed E-state index contributed by atoms with van der Waals surface area (Å²) in [5.41, 5.74) is 9.26. The van der Waals surface area contributed by atoms with Crippen molar-refractivity contribution in [2.75, 3.05) is 5.32 Å². The minimum atomic E-state index is 0.335. The summed E-state index contributed by atoms with van der Waals surface area (Å²) in [6, 6.07) is 18.0. The maximum absolute atomic E-state index is 5.91. The third kappa shape index (κ3) is 3.92. The summed E-state index contributed by atoms with van der Waals surface area (Å²) in [7, 11) is 0. The zero-order valence-corrected chi connectivity index (χ0v) is 13.5. The van der Waals surface area contributed by atoms with Gasteiger partial charge < -0.3 is 11.1 Å². The summed E-state index contributed by atoms with van der Waals surface area (Å²) in [4.78, 5) is 4.31. The molecule has 5 nitrogen and oxygen atoms in total. The number of aromatic nitrogens is 2. The molecule has 0 unspecified atom stereocenters. The Morgan fingerprint density at radius 2 is 1.83 bits per heavy atom. The molecule has 2 aromatic carbocycles.